The standard InChI is InChI=1S/C17H15N5O/c1-3-14-7-4-5-8-15(14)22-16(11-13(2)20-22)19-17(23)21-10-6-9-18-12-21/h1,4-11H,12H2,2H3,(H,19,23). The molecule has 6 nitrogen and oxygen atoms in total. The Balaban J connectivity index is 1.92. The summed E-state index contributed by atoms with van der Waals surface area (Å²) in [4.78, 5) is 17.8. The number of hydrogen-bond acceptors (Lipinski definition) is 3. The first-order valence-corrected chi connectivity index (χ1v) is 7.06. The van der Waals surface area contributed by atoms with Crippen LogP contribution in [0.25, 0.3) is 5.69 Å². The van der Waals surface area contributed by atoms with Crippen LogP contribution in [0.3, 0.4) is 0 Å². The number of benzene rings is 1. The van der Waals surface area contributed by atoms with Gasteiger partial charge in [-0.3, -0.25) is 15.2 Å². The highest BCUT2D eigenvalue weighted by Crippen LogP contribution is 2.20. The molecule has 0 bridgehead atoms. The quantitative estimate of drug-likeness (QED) is 0.867. The molecule has 1 aliphatic rings. The van der Waals surface area contributed by atoms with E-state index in [2.05, 4.69) is 21.3 Å². The van der Waals surface area contributed by atoms with Crippen LogP contribution in [0.5, 0.6) is 0 Å². The molecule has 0 spiro atoms. The second-order valence-electron chi connectivity index (χ2n) is 4.96. The summed E-state index contributed by atoms with van der Waals surface area (Å²) >= 11 is 0. The van der Waals surface area contributed by atoms with Gasteiger partial charge in [0, 0.05) is 18.5 Å². The van der Waals surface area contributed by atoms with Gasteiger partial charge in [0.1, 0.15) is 12.5 Å². The maximum absolute atomic E-state index is 12.3. The van der Waals surface area contributed by atoms with Crippen molar-refractivity contribution in [3.63, 3.8) is 0 Å². The van der Waals surface area contributed by atoms with E-state index in [1.807, 2.05) is 31.2 Å². The van der Waals surface area contributed by atoms with Gasteiger partial charge in [0.05, 0.1) is 16.9 Å². The number of para-hydroxylation sites is 1. The number of carbonyl (C=O) groups is 1. The van der Waals surface area contributed by atoms with Crippen molar-refractivity contribution in [1.29, 1.82) is 0 Å². The van der Waals surface area contributed by atoms with Gasteiger partial charge in [0.2, 0.25) is 0 Å². The van der Waals surface area contributed by atoms with Gasteiger partial charge in [0.25, 0.3) is 0 Å². The second-order valence-corrected chi connectivity index (χ2v) is 4.96. The maximum Gasteiger partial charge on any atom is 0.328 e. The van der Waals surface area contributed by atoms with Crippen LogP contribution in [-0.2, 0) is 0 Å². The first-order valence-electron chi connectivity index (χ1n) is 7.06. The third-order valence-corrected chi connectivity index (χ3v) is 3.31. The molecule has 0 fully saturated rings. The van der Waals surface area contributed by atoms with Crippen molar-refractivity contribution >= 4 is 18.1 Å². The van der Waals surface area contributed by atoms with Crippen LogP contribution in [0, 0.1) is 19.3 Å². The molecule has 6 heteroatoms. The van der Waals surface area contributed by atoms with Gasteiger partial charge < -0.3 is 0 Å². The number of allylic oxidation sites excluding steroid dienone is 1. The SMILES string of the molecule is C#Cc1ccccc1-n1nc(C)cc1NC(=O)N1C=CC=NC1. The van der Waals surface area contributed by atoms with E-state index in [0.29, 0.717) is 11.4 Å². The number of nitrogens with zero attached hydrogens (tertiary/aromatic N) is 4. The Labute approximate surface area is 134 Å². The number of aryl methyl sites for hydroxylation is 1. The number of aliphatic imine (C=N–C) groups is 1. The molecule has 114 valence electrons. The zero-order chi connectivity index (χ0) is 16.2. The molecule has 0 unspecified atom stereocenters. The number of terminal acetylenes is 1. The lowest BCUT2D eigenvalue weighted by atomic mass is 10.2. The summed E-state index contributed by atoms with van der Waals surface area (Å²) in [6.45, 7) is 2.14. The minimum Gasteiger partial charge on any atom is -0.292 e. The summed E-state index contributed by atoms with van der Waals surface area (Å²) in [5.41, 5.74) is 2.22. The Hall–Kier alpha value is -3.33. The fourth-order valence-electron chi connectivity index (χ4n) is 2.25. The molecule has 2 heterocycles. The summed E-state index contributed by atoms with van der Waals surface area (Å²) in [7, 11) is 0. The van der Waals surface area contributed by atoms with Crippen molar-refractivity contribution in [2.24, 2.45) is 4.99 Å². The highest BCUT2D eigenvalue weighted by molar-refractivity contribution is 5.90. The zero-order valence-corrected chi connectivity index (χ0v) is 12.6. The highest BCUT2D eigenvalue weighted by Gasteiger charge is 2.16. The largest absolute Gasteiger partial charge is 0.328 e. The van der Waals surface area contributed by atoms with Crippen molar-refractivity contribution in [3.8, 4) is 18.0 Å². The summed E-state index contributed by atoms with van der Waals surface area (Å²) in [5.74, 6) is 3.19. The number of nitrogens with one attached hydrogen (secondary N) is 1. The van der Waals surface area contributed by atoms with Gasteiger partial charge in [-0.15, -0.1) is 6.42 Å². The van der Waals surface area contributed by atoms with Gasteiger partial charge in [-0.05, 0) is 25.1 Å². The molecule has 0 saturated carbocycles. The fourth-order valence-corrected chi connectivity index (χ4v) is 2.25. The summed E-state index contributed by atoms with van der Waals surface area (Å²) in [6, 6.07) is 8.95. The van der Waals surface area contributed by atoms with Gasteiger partial charge in [0.15, 0.2) is 0 Å². The highest BCUT2D eigenvalue weighted by atomic mass is 16.2. The number of amides is 2. The predicted molar refractivity (Wildman–Crippen MR) is 89.6 cm³/mol. The number of hydrogen-bond donors (Lipinski definition) is 1. The van der Waals surface area contributed by atoms with Crippen LogP contribution in [0.1, 0.15) is 11.3 Å². The summed E-state index contributed by atoms with van der Waals surface area (Å²) < 4.78 is 1.64. The molecule has 1 aliphatic heterocycles. The molecule has 1 aromatic heterocycles. The van der Waals surface area contributed by atoms with Crippen molar-refractivity contribution < 1.29 is 4.79 Å². The zero-order valence-electron chi connectivity index (χ0n) is 12.6. The van der Waals surface area contributed by atoms with E-state index in [1.165, 1.54) is 4.90 Å². The topological polar surface area (TPSA) is 62.5 Å². The summed E-state index contributed by atoms with van der Waals surface area (Å²) in [5, 5.41) is 7.27. The molecule has 2 aromatic rings. The first kappa shape index (κ1) is 14.6. The summed E-state index contributed by atoms with van der Waals surface area (Å²) in [6.07, 6.45) is 10.6. The van der Waals surface area contributed by atoms with Gasteiger partial charge in [-0.2, -0.15) is 5.10 Å². The first-order chi connectivity index (χ1) is 11.2. The van der Waals surface area contributed by atoms with E-state index in [9.17, 15) is 4.79 Å². The van der Waals surface area contributed by atoms with Crippen molar-refractivity contribution in [1.82, 2.24) is 14.7 Å². The number of rotatable bonds is 2. The van der Waals surface area contributed by atoms with Crippen LogP contribution in [-0.4, -0.2) is 33.6 Å². The molecule has 0 atom stereocenters. The normalized spacial score (nSPS) is 13.0. The maximum atomic E-state index is 12.3. The smallest absolute Gasteiger partial charge is 0.292 e. The van der Waals surface area contributed by atoms with Gasteiger partial charge >= 0.3 is 6.03 Å². The number of anilines is 1. The van der Waals surface area contributed by atoms with Crippen LogP contribution >= 0.6 is 0 Å². The third kappa shape index (κ3) is 2.99. The van der Waals surface area contributed by atoms with Gasteiger partial charge in [-0.1, -0.05) is 18.1 Å². The Bertz CT molecular complexity index is 841. The molecule has 2 amide bonds. The van der Waals surface area contributed by atoms with Crippen molar-refractivity contribution in [3.05, 3.63) is 53.9 Å². The van der Waals surface area contributed by atoms with Crippen LogP contribution in [0.15, 0.2) is 47.6 Å². The molecule has 23 heavy (non-hydrogen) atoms. The third-order valence-electron chi connectivity index (χ3n) is 3.31. The fraction of sp³-hybridized carbons (Fsp3) is 0.118. The molecular formula is C17H15N5O. The average molecular weight is 305 g/mol. The number of urea groups is 1. The van der Waals surface area contributed by atoms with Crippen LogP contribution in [0.4, 0.5) is 10.6 Å². The van der Waals surface area contributed by atoms with Crippen molar-refractivity contribution in [2.75, 3.05) is 12.0 Å². The van der Waals surface area contributed by atoms with Crippen LogP contribution in [0.2, 0.25) is 0 Å². The van der Waals surface area contributed by atoms with E-state index >= 15 is 0 Å². The Morgan fingerprint density at radius 3 is 2.96 bits per heavy atom. The van der Waals surface area contributed by atoms with E-state index in [4.69, 9.17) is 6.42 Å². The van der Waals surface area contributed by atoms with E-state index in [-0.39, 0.29) is 12.7 Å². The lowest BCUT2D eigenvalue weighted by Gasteiger charge is -2.19. The molecule has 1 N–H and O–H groups in total. The number of carbonyl (C=O) groups excluding carboxylic acids is 1. The van der Waals surface area contributed by atoms with Crippen LogP contribution < -0.4 is 5.32 Å². The molecule has 0 aliphatic carbocycles. The lowest BCUT2D eigenvalue weighted by molar-refractivity contribution is 0.229. The average Bonchev–Trinajstić information content (AvgIpc) is 2.95. The van der Waals surface area contributed by atoms with E-state index in [0.717, 1.165) is 11.4 Å². The number of aromatic nitrogens is 2. The Kier molecular flexibility index (Phi) is 3.93. The molecule has 3 rings (SSSR count). The molecule has 0 radical (unpaired) electrons. The minimum absolute atomic E-state index is 0.280. The van der Waals surface area contributed by atoms with E-state index in [1.54, 1.807) is 29.2 Å². The molecule has 0 saturated heterocycles. The molecule has 1 aromatic carbocycles. The predicted octanol–water partition coefficient (Wildman–Crippen LogP) is 2.55. The Morgan fingerprint density at radius 1 is 1.39 bits per heavy atom. The van der Waals surface area contributed by atoms with E-state index < -0.39 is 0 Å². The van der Waals surface area contributed by atoms with Gasteiger partial charge in [-0.25, -0.2) is 9.48 Å². The monoisotopic (exact) mass is 305 g/mol. The Morgan fingerprint density at radius 2 is 2.22 bits per heavy atom. The molecular weight excluding hydrogens is 290 g/mol. The minimum atomic E-state index is -0.280. The van der Waals surface area contributed by atoms with Crippen molar-refractivity contribution in [2.45, 2.75) is 6.92 Å². The lowest BCUT2D eigenvalue weighted by Crippen LogP contribution is -2.32. The second kappa shape index (κ2) is 6.20.